The summed E-state index contributed by atoms with van der Waals surface area (Å²) in [4.78, 5) is 31.1. The van der Waals surface area contributed by atoms with E-state index in [0.717, 1.165) is 5.69 Å². The molecule has 0 saturated carbocycles. The number of amides is 2. The number of nitrogens with zero attached hydrogens (tertiary/aromatic N) is 4. The lowest BCUT2D eigenvalue weighted by molar-refractivity contribution is -0.116. The maximum absolute atomic E-state index is 14.4. The lowest BCUT2D eigenvalue weighted by Gasteiger charge is -2.25. The van der Waals surface area contributed by atoms with Gasteiger partial charge >= 0.3 is 0 Å². The van der Waals surface area contributed by atoms with Gasteiger partial charge < -0.3 is 20.5 Å². The molecule has 10 heteroatoms. The van der Waals surface area contributed by atoms with E-state index in [-0.39, 0.29) is 24.7 Å². The average Bonchev–Trinajstić information content (AvgIpc) is 3.33. The molecule has 2 aliphatic rings. The summed E-state index contributed by atoms with van der Waals surface area (Å²) in [5, 5.41) is 3.36. The summed E-state index contributed by atoms with van der Waals surface area (Å²) < 4.78 is 31.7. The van der Waals surface area contributed by atoms with E-state index < -0.39 is 17.5 Å². The molecule has 2 aromatic carbocycles. The Bertz CT molecular complexity index is 1570. The van der Waals surface area contributed by atoms with Gasteiger partial charge in [-0.1, -0.05) is 12.1 Å². The lowest BCUT2D eigenvalue weighted by Crippen LogP contribution is -2.27. The van der Waals surface area contributed by atoms with Crippen molar-refractivity contribution in [3.05, 3.63) is 83.1 Å². The number of carbonyl (C=O) groups is 2. The van der Waals surface area contributed by atoms with Crippen LogP contribution in [0.25, 0.3) is 17.1 Å². The summed E-state index contributed by atoms with van der Waals surface area (Å²) in [6.45, 7) is 0.444. The second-order valence-corrected chi connectivity index (χ2v) is 8.61. The van der Waals surface area contributed by atoms with Gasteiger partial charge in [0.1, 0.15) is 29.0 Å². The molecule has 0 atom stereocenters. The highest BCUT2D eigenvalue weighted by molar-refractivity contribution is 6.09. The van der Waals surface area contributed by atoms with Crippen LogP contribution in [0.2, 0.25) is 0 Å². The minimum absolute atomic E-state index is 0.0667. The number of anilines is 2. The fourth-order valence-electron chi connectivity index (χ4n) is 4.87. The zero-order chi connectivity index (χ0) is 24.3. The van der Waals surface area contributed by atoms with E-state index in [1.54, 1.807) is 44.6 Å². The van der Waals surface area contributed by atoms with Gasteiger partial charge in [-0.05, 0) is 35.9 Å². The van der Waals surface area contributed by atoms with Crippen molar-refractivity contribution in [3.63, 3.8) is 0 Å². The Kier molecular flexibility index (Phi) is 4.70. The Labute approximate surface area is 198 Å². The Hall–Kier alpha value is -4.47. The van der Waals surface area contributed by atoms with Gasteiger partial charge in [-0.3, -0.25) is 14.2 Å². The number of aryl methyl sites for hydroxylation is 1. The van der Waals surface area contributed by atoms with Crippen molar-refractivity contribution in [2.75, 3.05) is 10.2 Å². The number of benzene rings is 2. The first kappa shape index (κ1) is 21.1. The summed E-state index contributed by atoms with van der Waals surface area (Å²) in [5.41, 5.74) is 8.49. The smallest absolute Gasteiger partial charge is 0.267 e. The third-order valence-electron chi connectivity index (χ3n) is 6.36. The highest BCUT2D eigenvalue weighted by Crippen LogP contribution is 2.38. The minimum atomic E-state index is -0.693. The highest BCUT2D eigenvalue weighted by Gasteiger charge is 2.30. The molecule has 35 heavy (non-hydrogen) atoms. The Balaban J connectivity index is 1.50. The summed E-state index contributed by atoms with van der Waals surface area (Å²) in [6.07, 6.45) is 4.40. The number of hydrogen-bond acceptors (Lipinski definition) is 4. The molecule has 0 bridgehead atoms. The van der Waals surface area contributed by atoms with Crippen molar-refractivity contribution >= 4 is 40.4 Å². The van der Waals surface area contributed by atoms with Gasteiger partial charge in [0.05, 0.1) is 23.4 Å². The van der Waals surface area contributed by atoms with Gasteiger partial charge in [0, 0.05) is 37.2 Å². The minimum Gasteiger partial charge on any atom is -0.364 e. The van der Waals surface area contributed by atoms with Crippen molar-refractivity contribution in [3.8, 4) is 0 Å². The number of halogens is 2. The molecule has 0 radical (unpaired) electrons. The van der Waals surface area contributed by atoms with Gasteiger partial charge in [-0.15, -0.1) is 0 Å². The normalized spacial score (nSPS) is 14.7. The van der Waals surface area contributed by atoms with Crippen LogP contribution in [-0.4, -0.2) is 25.9 Å². The SMILES string of the molecule is NC(=O)c1c(N2C=Cn3c(nc4c3NC(=O)CC4)C2)c2cc(F)ccc2n1Cc1cccc(F)c1. The van der Waals surface area contributed by atoms with Gasteiger partial charge in [0.25, 0.3) is 5.91 Å². The van der Waals surface area contributed by atoms with Crippen LogP contribution >= 0.6 is 0 Å². The third kappa shape index (κ3) is 3.45. The molecular weight excluding hydrogens is 454 g/mol. The van der Waals surface area contributed by atoms with Crippen molar-refractivity contribution < 1.29 is 18.4 Å². The Morgan fingerprint density at radius 2 is 1.91 bits per heavy atom. The maximum atomic E-state index is 14.4. The Morgan fingerprint density at radius 3 is 2.71 bits per heavy atom. The summed E-state index contributed by atoms with van der Waals surface area (Å²) in [5.74, 6) is -0.310. The molecule has 4 heterocycles. The molecule has 0 aliphatic carbocycles. The predicted octanol–water partition coefficient (Wildman–Crippen LogP) is 3.60. The average molecular weight is 474 g/mol. The molecule has 0 fully saturated rings. The molecule has 176 valence electrons. The molecule has 8 nitrogen and oxygen atoms in total. The van der Waals surface area contributed by atoms with Crippen LogP contribution in [0.4, 0.5) is 20.3 Å². The van der Waals surface area contributed by atoms with Gasteiger partial charge in [0.2, 0.25) is 5.91 Å². The van der Waals surface area contributed by atoms with Gasteiger partial charge in [-0.2, -0.15) is 0 Å². The number of primary amides is 1. The molecule has 2 amide bonds. The summed E-state index contributed by atoms with van der Waals surface area (Å²) >= 11 is 0. The van der Waals surface area contributed by atoms with E-state index in [1.807, 2.05) is 0 Å². The van der Waals surface area contributed by atoms with Crippen LogP contribution in [0.15, 0.2) is 48.7 Å². The van der Waals surface area contributed by atoms with E-state index in [2.05, 4.69) is 10.3 Å². The standard InChI is InChI=1S/C25H20F2N6O2/c26-15-3-1-2-14(10-15)12-33-19-6-4-16(27)11-17(19)22(23(33)24(28)35)31-8-9-32-20(13-31)29-18-5-7-21(34)30-25(18)32/h1-4,6,8-11H,5,7,12-13H2,(H2,28,35)(H,30,34). The molecule has 0 spiro atoms. The molecule has 3 N–H and O–H groups in total. The van der Waals surface area contributed by atoms with Gasteiger partial charge in [-0.25, -0.2) is 13.8 Å². The van der Waals surface area contributed by atoms with E-state index in [4.69, 9.17) is 5.73 Å². The van der Waals surface area contributed by atoms with Gasteiger partial charge in [0.15, 0.2) is 0 Å². The highest BCUT2D eigenvalue weighted by atomic mass is 19.1. The molecule has 4 aromatic rings. The van der Waals surface area contributed by atoms with Crippen LogP contribution in [0.5, 0.6) is 0 Å². The maximum Gasteiger partial charge on any atom is 0.267 e. The number of aromatic nitrogens is 3. The van der Waals surface area contributed by atoms with E-state index in [1.165, 1.54) is 24.3 Å². The van der Waals surface area contributed by atoms with Crippen molar-refractivity contribution in [2.45, 2.75) is 25.9 Å². The third-order valence-corrected chi connectivity index (χ3v) is 6.36. The number of nitrogens with two attached hydrogens (primary N) is 1. The quantitative estimate of drug-likeness (QED) is 0.472. The fraction of sp³-hybridized carbons (Fsp3) is 0.160. The lowest BCUT2D eigenvalue weighted by atomic mass is 10.2. The molecule has 6 rings (SSSR count). The van der Waals surface area contributed by atoms with Crippen LogP contribution < -0.4 is 16.0 Å². The number of rotatable bonds is 4. The fourth-order valence-corrected chi connectivity index (χ4v) is 4.87. The van der Waals surface area contributed by atoms with Crippen LogP contribution in [0.3, 0.4) is 0 Å². The van der Waals surface area contributed by atoms with Crippen molar-refractivity contribution in [1.29, 1.82) is 0 Å². The van der Waals surface area contributed by atoms with Crippen LogP contribution in [-0.2, 0) is 24.3 Å². The first-order valence-electron chi connectivity index (χ1n) is 11.1. The number of hydrogen-bond donors (Lipinski definition) is 2. The summed E-state index contributed by atoms with van der Waals surface area (Å²) in [6, 6.07) is 10.3. The first-order valence-corrected chi connectivity index (χ1v) is 11.1. The molecular formula is C25H20F2N6O2. The zero-order valence-electron chi connectivity index (χ0n) is 18.5. The van der Waals surface area contributed by atoms with Crippen LogP contribution in [0, 0.1) is 11.6 Å². The van der Waals surface area contributed by atoms with E-state index >= 15 is 0 Å². The number of fused-ring (bicyclic) bond motifs is 4. The molecule has 2 aliphatic heterocycles. The topological polar surface area (TPSA) is 98.2 Å². The van der Waals surface area contributed by atoms with E-state index in [0.29, 0.717) is 46.6 Å². The zero-order valence-corrected chi connectivity index (χ0v) is 18.5. The Morgan fingerprint density at radius 1 is 1.09 bits per heavy atom. The predicted molar refractivity (Wildman–Crippen MR) is 127 cm³/mol. The van der Waals surface area contributed by atoms with Crippen LogP contribution in [0.1, 0.15) is 34.0 Å². The number of nitrogens with one attached hydrogen (secondary N) is 1. The molecule has 0 unspecified atom stereocenters. The second-order valence-electron chi connectivity index (χ2n) is 8.61. The number of carbonyl (C=O) groups excluding carboxylic acids is 2. The molecule has 0 saturated heterocycles. The number of imidazole rings is 1. The molecule has 2 aromatic heterocycles. The second kappa shape index (κ2) is 7.79. The monoisotopic (exact) mass is 474 g/mol. The largest absolute Gasteiger partial charge is 0.364 e. The van der Waals surface area contributed by atoms with Crippen molar-refractivity contribution in [2.24, 2.45) is 5.73 Å². The van der Waals surface area contributed by atoms with Crippen molar-refractivity contribution in [1.82, 2.24) is 14.1 Å². The first-order chi connectivity index (χ1) is 16.9. The summed E-state index contributed by atoms with van der Waals surface area (Å²) in [7, 11) is 0. The van der Waals surface area contributed by atoms with E-state index in [9.17, 15) is 18.4 Å².